The molecule has 1 aromatic carbocycles. The van der Waals surface area contributed by atoms with E-state index in [9.17, 15) is 5.11 Å². The third kappa shape index (κ3) is 3.97. The zero-order valence-corrected chi connectivity index (χ0v) is 12.7. The zero-order chi connectivity index (χ0) is 15.9. The molecule has 0 aliphatic carbocycles. The first-order valence-electron chi connectivity index (χ1n) is 7.19. The lowest BCUT2D eigenvalue weighted by atomic mass is 9.89. The van der Waals surface area contributed by atoms with Gasteiger partial charge in [0.25, 0.3) is 0 Å². The van der Waals surface area contributed by atoms with Crippen LogP contribution in [0.25, 0.3) is 10.4 Å². The number of azide groups is 1. The van der Waals surface area contributed by atoms with Crippen LogP contribution in [0.4, 0.5) is 0 Å². The molecule has 5 atom stereocenters. The number of rotatable bonds is 6. The van der Waals surface area contributed by atoms with Crippen LogP contribution in [-0.4, -0.2) is 43.4 Å². The Balaban J connectivity index is 1.92. The van der Waals surface area contributed by atoms with Gasteiger partial charge in [-0.15, -0.1) is 0 Å². The van der Waals surface area contributed by atoms with E-state index >= 15 is 0 Å². The van der Waals surface area contributed by atoms with E-state index in [0.717, 1.165) is 5.56 Å². The monoisotopic (exact) mass is 307 g/mol. The van der Waals surface area contributed by atoms with Gasteiger partial charge in [-0.1, -0.05) is 42.4 Å². The highest BCUT2D eigenvalue weighted by Crippen LogP contribution is 2.29. The summed E-state index contributed by atoms with van der Waals surface area (Å²) in [5, 5.41) is 14.0. The summed E-state index contributed by atoms with van der Waals surface area (Å²) in [5.41, 5.74) is 9.66. The van der Waals surface area contributed by atoms with Crippen molar-refractivity contribution in [2.24, 2.45) is 11.0 Å². The molecular formula is C15H21N3O4. The zero-order valence-electron chi connectivity index (χ0n) is 12.7. The van der Waals surface area contributed by atoms with E-state index in [1.54, 1.807) is 0 Å². The fraction of sp³-hybridized carbons (Fsp3) is 0.600. The first-order chi connectivity index (χ1) is 10.7. The van der Waals surface area contributed by atoms with Crippen molar-refractivity contribution in [3.8, 4) is 0 Å². The van der Waals surface area contributed by atoms with E-state index in [1.807, 2.05) is 37.3 Å². The number of methoxy groups -OCH3 is 1. The predicted molar refractivity (Wildman–Crippen MR) is 79.9 cm³/mol. The molecule has 1 fully saturated rings. The Labute approximate surface area is 129 Å². The second-order valence-electron chi connectivity index (χ2n) is 5.32. The Morgan fingerprint density at radius 3 is 2.73 bits per heavy atom. The molecule has 0 saturated carbocycles. The van der Waals surface area contributed by atoms with Gasteiger partial charge in [0.2, 0.25) is 0 Å². The second kappa shape index (κ2) is 8.12. The summed E-state index contributed by atoms with van der Waals surface area (Å²) in [6.45, 7) is 2.49. The molecule has 1 aromatic rings. The van der Waals surface area contributed by atoms with E-state index < -0.39 is 24.5 Å². The normalized spacial score (nSPS) is 31.5. The molecule has 2 rings (SSSR count). The lowest BCUT2D eigenvalue weighted by Gasteiger charge is -2.41. The van der Waals surface area contributed by atoms with Crippen LogP contribution in [0.3, 0.4) is 0 Å². The van der Waals surface area contributed by atoms with Gasteiger partial charge in [0.05, 0.1) is 25.4 Å². The fourth-order valence-corrected chi connectivity index (χ4v) is 2.54. The molecular weight excluding hydrogens is 286 g/mol. The van der Waals surface area contributed by atoms with E-state index in [1.165, 1.54) is 7.11 Å². The van der Waals surface area contributed by atoms with E-state index in [4.69, 9.17) is 19.7 Å². The van der Waals surface area contributed by atoms with Gasteiger partial charge in [-0.25, -0.2) is 0 Å². The molecule has 22 heavy (non-hydrogen) atoms. The number of benzene rings is 1. The maximum atomic E-state index is 10.3. The molecule has 7 nitrogen and oxygen atoms in total. The Hall–Kier alpha value is -1.63. The van der Waals surface area contributed by atoms with Gasteiger partial charge in [-0.2, -0.15) is 0 Å². The maximum Gasteiger partial charge on any atom is 0.166 e. The van der Waals surface area contributed by atoms with Gasteiger partial charge >= 0.3 is 0 Å². The van der Waals surface area contributed by atoms with Crippen LogP contribution < -0.4 is 0 Å². The van der Waals surface area contributed by atoms with E-state index in [-0.39, 0.29) is 12.5 Å². The quantitative estimate of drug-likeness (QED) is 0.495. The standard InChI is InChI=1S/C15H21N3O4/c1-10-13(17-18-16)15(20-2)22-12(14(10)19)9-21-8-11-6-4-3-5-7-11/h3-7,10,12-15,19H,8-9H2,1-2H3/t10-,12?,13?,14-,15-/m1/s1. The second-order valence-corrected chi connectivity index (χ2v) is 5.32. The smallest absolute Gasteiger partial charge is 0.166 e. The summed E-state index contributed by atoms with van der Waals surface area (Å²) in [7, 11) is 1.48. The summed E-state index contributed by atoms with van der Waals surface area (Å²) in [6, 6.07) is 9.21. The van der Waals surface area contributed by atoms with Crippen molar-refractivity contribution in [1.29, 1.82) is 0 Å². The number of ether oxygens (including phenoxy) is 3. The number of hydrogen-bond acceptors (Lipinski definition) is 5. The Morgan fingerprint density at radius 1 is 1.36 bits per heavy atom. The summed E-state index contributed by atoms with van der Waals surface area (Å²) in [4.78, 5) is 2.79. The molecule has 2 unspecified atom stereocenters. The molecule has 0 bridgehead atoms. The van der Waals surface area contributed by atoms with Crippen LogP contribution in [0.2, 0.25) is 0 Å². The Bertz CT molecular complexity index is 505. The SMILES string of the molecule is CO[C@@H]1OC(COCc2ccccc2)[C@H](O)[C@H](C)C1N=[N+]=[N-]. The summed E-state index contributed by atoms with van der Waals surface area (Å²) in [5.74, 6) is -0.278. The lowest BCUT2D eigenvalue weighted by molar-refractivity contribution is -0.247. The molecule has 1 saturated heterocycles. The van der Waals surface area contributed by atoms with Crippen molar-refractivity contribution >= 4 is 0 Å². The Kier molecular flexibility index (Phi) is 6.18. The van der Waals surface area contributed by atoms with Gasteiger partial charge in [0, 0.05) is 12.0 Å². The molecule has 0 spiro atoms. The third-order valence-corrected chi connectivity index (χ3v) is 3.86. The molecule has 1 aliphatic heterocycles. The van der Waals surface area contributed by atoms with Crippen LogP contribution >= 0.6 is 0 Å². The van der Waals surface area contributed by atoms with Crippen molar-refractivity contribution in [3.63, 3.8) is 0 Å². The average molecular weight is 307 g/mol. The molecule has 120 valence electrons. The van der Waals surface area contributed by atoms with Gasteiger partial charge < -0.3 is 19.3 Å². The summed E-state index contributed by atoms with van der Waals surface area (Å²) < 4.78 is 16.5. The summed E-state index contributed by atoms with van der Waals surface area (Å²) in [6.07, 6.45) is -1.98. The van der Waals surface area contributed by atoms with Crippen LogP contribution in [-0.2, 0) is 20.8 Å². The van der Waals surface area contributed by atoms with Crippen LogP contribution in [0.1, 0.15) is 12.5 Å². The van der Waals surface area contributed by atoms with Crippen molar-refractivity contribution in [1.82, 2.24) is 0 Å². The summed E-state index contributed by atoms with van der Waals surface area (Å²) >= 11 is 0. The van der Waals surface area contributed by atoms with E-state index in [0.29, 0.717) is 6.61 Å². The van der Waals surface area contributed by atoms with Crippen molar-refractivity contribution in [3.05, 3.63) is 46.3 Å². The number of nitrogens with zero attached hydrogens (tertiary/aromatic N) is 3. The highest BCUT2D eigenvalue weighted by atomic mass is 16.7. The van der Waals surface area contributed by atoms with E-state index in [2.05, 4.69) is 10.0 Å². The number of hydrogen-bond donors (Lipinski definition) is 1. The number of aliphatic hydroxyl groups is 1. The molecule has 7 heteroatoms. The lowest BCUT2D eigenvalue weighted by Crippen LogP contribution is -2.54. The van der Waals surface area contributed by atoms with Crippen molar-refractivity contribution in [2.45, 2.75) is 38.1 Å². The molecule has 0 amide bonds. The molecule has 0 radical (unpaired) electrons. The number of aliphatic hydroxyl groups excluding tert-OH is 1. The Morgan fingerprint density at radius 2 is 2.09 bits per heavy atom. The highest BCUT2D eigenvalue weighted by Gasteiger charge is 2.42. The maximum absolute atomic E-state index is 10.3. The topological polar surface area (TPSA) is 96.7 Å². The first kappa shape index (κ1) is 16.7. The minimum absolute atomic E-state index is 0.239. The molecule has 0 aromatic heterocycles. The first-order valence-corrected chi connectivity index (χ1v) is 7.19. The van der Waals surface area contributed by atoms with Gasteiger partial charge in [0.15, 0.2) is 6.29 Å². The van der Waals surface area contributed by atoms with Crippen LogP contribution in [0, 0.1) is 5.92 Å². The van der Waals surface area contributed by atoms with Crippen molar-refractivity contribution in [2.75, 3.05) is 13.7 Å². The predicted octanol–water partition coefficient (Wildman–Crippen LogP) is 2.25. The average Bonchev–Trinajstić information content (AvgIpc) is 2.55. The van der Waals surface area contributed by atoms with Gasteiger partial charge in [-0.05, 0) is 17.0 Å². The third-order valence-electron chi connectivity index (χ3n) is 3.86. The van der Waals surface area contributed by atoms with Crippen LogP contribution in [0.15, 0.2) is 35.4 Å². The molecule has 1 aliphatic rings. The van der Waals surface area contributed by atoms with Crippen LogP contribution in [0.5, 0.6) is 0 Å². The van der Waals surface area contributed by atoms with Gasteiger partial charge in [-0.3, -0.25) is 0 Å². The fourth-order valence-electron chi connectivity index (χ4n) is 2.54. The molecule has 1 heterocycles. The van der Waals surface area contributed by atoms with Gasteiger partial charge in [0.1, 0.15) is 6.10 Å². The molecule has 1 N–H and O–H groups in total. The highest BCUT2D eigenvalue weighted by molar-refractivity contribution is 5.13. The van der Waals surface area contributed by atoms with Crippen molar-refractivity contribution < 1.29 is 19.3 Å². The largest absolute Gasteiger partial charge is 0.390 e. The minimum Gasteiger partial charge on any atom is -0.390 e. The minimum atomic E-state index is -0.780.